The van der Waals surface area contributed by atoms with E-state index in [0.717, 1.165) is 0 Å². The smallest absolute Gasteiger partial charge is 0.407 e. The van der Waals surface area contributed by atoms with E-state index in [0.29, 0.717) is 39.5 Å². The van der Waals surface area contributed by atoms with Gasteiger partial charge in [-0.25, -0.2) is 4.79 Å². The van der Waals surface area contributed by atoms with Gasteiger partial charge >= 0.3 is 6.09 Å². The number of ether oxygens (including phenoxy) is 3. The van der Waals surface area contributed by atoms with Crippen molar-refractivity contribution in [3.8, 4) is 0 Å². The highest BCUT2D eigenvalue weighted by molar-refractivity contribution is 6.27. The van der Waals surface area contributed by atoms with Crippen molar-refractivity contribution in [1.82, 2.24) is 10.6 Å². The third-order valence-electron chi connectivity index (χ3n) is 1.98. The summed E-state index contributed by atoms with van der Waals surface area (Å²) < 4.78 is 15.6. The SMILES string of the molecule is CC(C)(C)OC(=O)NCCOCCOCCNC(=O)CCl. The number of nitrogens with one attached hydrogen (secondary N) is 2. The Morgan fingerprint density at radius 3 is 1.95 bits per heavy atom. The van der Waals surface area contributed by atoms with Gasteiger partial charge in [0, 0.05) is 13.1 Å². The first-order valence-electron chi connectivity index (χ1n) is 6.80. The molecule has 0 aromatic rings. The molecular weight excluding hydrogens is 300 g/mol. The van der Waals surface area contributed by atoms with Gasteiger partial charge < -0.3 is 24.8 Å². The Kier molecular flexibility index (Phi) is 11.0. The fourth-order valence-electron chi connectivity index (χ4n) is 1.17. The highest BCUT2D eigenvalue weighted by Gasteiger charge is 2.15. The van der Waals surface area contributed by atoms with Crippen molar-refractivity contribution in [2.75, 3.05) is 45.4 Å². The predicted molar refractivity (Wildman–Crippen MR) is 79.6 cm³/mol. The van der Waals surface area contributed by atoms with Gasteiger partial charge in [-0.1, -0.05) is 0 Å². The van der Waals surface area contributed by atoms with Crippen molar-refractivity contribution in [3.05, 3.63) is 0 Å². The molecule has 7 nitrogen and oxygen atoms in total. The second-order valence-corrected chi connectivity index (χ2v) is 5.40. The maximum Gasteiger partial charge on any atom is 0.407 e. The van der Waals surface area contributed by atoms with Gasteiger partial charge in [0.05, 0.1) is 26.4 Å². The van der Waals surface area contributed by atoms with Crippen LogP contribution in [0.1, 0.15) is 20.8 Å². The van der Waals surface area contributed by atoms with E-state index in [1.54, 1.807) is 20.8 Å². The molecule has 2 N–H and O–H groups in total. The van der Waals surface area contributed by atoms with Gasteiger partial charge in [-0.3, -0.25) is 4.79 Å². The Bertz CT molecular complexity index is 307. The van der Waals surface area contributed by atoms with Crippen LogP contribution in [0.4, 0.5) is 4.79 Å². The normalized spacial score (nSPS) is 11.0. The molecule has 2 amide bonds. The Morgan fingerprint density at radius 2 is 1.48 bits per heavy atom. The molecule has 0 saturated carbocycles. The summed E-state index contributed by atoms with van der Waals surface area (Å²) in [4.78, 5) is 22.1. The van der Waals surface area contributed by atoms with Crippen molar-refractivity contribution < 1.29 is 23.8 Å². The number of alkyl carbamates (subject to hydrolysis) is 1. The maximum atomic E-state index is 11.3. The van der Waals surface area contributed by atoms with Crippen molar-refractivity contribution in [1.29, 1.82) is 0 Å². The molecule has 0 saturated heterocycles. The molecule has 0 heterocycles. The highest BCUT2D eigenvalue weighted by atomic mass is 35.5. The Labute approximate surface area is 130 Å². The van der Waals surface area contributed by atoms with Crippen LogP contribution < -0.4 is 10.6 Å². The summed E-state index contributed by atoms with van der Waals surface area (Å²) >= 11 is 5.31. The zero-order valence-corrected chi connectivity index (χ0v) is 13.6. The molecule has 0 spiro atoms. The molecular formula is C13H25ClN2O5. The molecule has 0 aromatic heterocycles. The van der Waals surface area contributed by atoms with Gasteiger partial charge in [-0.15, -0.1) is 11.6 Å². The average molecular weight is 325 g/mol. The van der Waals surface area contributed by atoms with Crippen LogP contribution in [0.5, 0.6) is 0 Å². The molecule has 0 radical (unpaired) electrons. The largest absolute Gasteiger partial charge is 0.444 e. The summed E-state index contributed by atoms with van der Waals surface area (Å²) in [6.07, 6.45) is -0.461. The molecule has 0 fully saturated rings. The van der Waals surface area contributed by atoms with E-state index in [2.05, 4.69) is 10.6 Å². The highest BCUT2D eigenvalue weighted by Crippen LogP contribution is 2.05. The summed E-state index contributed by atoms with van der Waals surface area (Å²) in [5, 5.41) is 5.16. The third kappa shape index (κ3) is 15.2. The number of carbonyl (C=O) groups excluding carboxylic acids is 2. The minimum Gasteiger partial charge on any atom is -0.444 e. The lowest BCUT2D eigenvalue weighted by atomic mass is 10.2. The van der Waals surface area contributed by atoms with E-state index in [1.807, 2.05) is 0 Å². The van der Waals surface area contributed by atoms with Crippen LogP contribution >= 0.6 is 11.6 Å². The molecule has 0 atom stereocenters. The molecule has 0 aliphatic rings. The first-order chi connectivity index (χ1) is 9.85. The maximum absolute atomic E-state index is 11.3. The molecule has 0 aromatic carbocycles. The first-order valence-corrected chi connectivity index (χ1v) is 7.33. The van der Waals surface area contributed by atoms with Crippen LogP contribution in [0.3, 0.4) is 0 Å². The van der Waals surface area contributed by atoms with Crippen molar-refractivity contribution in [3.63, 3.8) is 0 Å². The van der Waals surface area contributed by atoms with Crippen LogP contribution in [0.2, 0.25) is 0 Å². The van der Waals surface area contributed by atoms with Gasteiger partial charge in [0.1, 0.15) is 11.5 Å². The standard InChI is InChI=1S/C13H25ClN2O5/c1-13(2,3)21-12(18)16-5-7-20-9-8-19-6-4-15-11(17)10-14/h4-10H2,1-3H3,(H,15,17)(H,16,18). The number of alkyl halides is 1. The van der Waals surface area contributed by atoms with Gasteiger partial charge in [0.2, 0.25) is 5.91 Å². The fourth-order valence-corrected chi connectivity index (χ4v) is 1.27. The summed E-state index contributed by atoms with van der Waals surface area (Å²) in [6.45, 7) is 7.82. The Hall–Kier alpha value is -1.05. The Balaban J connectivity index is 3.26. The second-order valence-electron chi connectivity index (χ2n) is 5.14. The number of hydrogen-bond acceptors (Lipinski definition) is 5. The number of carbonyl (C=O) groups is 2. The van der Waals surface area contributed by atoms with E-state index < -0.39 is 11.7 Å². The molecule has 0 bridgehead atoms. The van der Waals surface area contributed by atoms with Gasteiger partial charge in [0.25, 0.3) is 0 Å². The Morgan fingerprint density at radius 1 is 0.952 bits per heavy atom. The summed E-state index contributed by atoms with van der Waals surface area (Å²) in [7, 11) is 0. The van der Waals surface area contributed by atoms with Crippen LogP contribution in [-0.4, -0.2) is 63.0 Å². The van der Waals surface area contributed by atoms with Crippen LogP contribution in [0.15, 0.2) is 0 Å². The number of hydrogen-bond donors (Lipinski definition) is 2. The van der Waals surface area contributed by atoms with E-state index in [9.17, 15) is 9.59 Å². The molecule has 0 rings (SSSR count). The average Bonchev–Trinajstić information content (AvgIpc) is 2.38. The zero-order chi connectivity index (χ0) is 16.1. The van der Waals surface area contributed by atoms with Crippen molar-refractivity contribution >= 4 is 23.6 Å². The lowest BCUT2D eigenvalue weighted by molar-refractivity contribution is -0.118. The quantitative estimate of drug-likeness (QED) is 0.460. The zero-order valence-electron chi connectivity index (χ0n) is 12.9. The lowest BCUT2D eigenvalue weighted by Crippen LogP contribution is -2.34. The number of halogens is 1. The second kappa shape index (κ2) is 11.6. The van der Waals surface area contributed by atoms with E-state index in [4.69, 9.17) is 25.8 Å². The minimum atomic E-state index is -0.502. The monoisotopic (exact) mass is 324 g/mol. The van der Waals surface area contributed by atoms with E-state index in [1.165, 1.54) is 0 Å². The van der Waals surface area contributed by atoms with Crippen molar-refractivity contribution in [2.24, 2.45) is 0 Å². The molecule has 124 valence electrons. The van der Waals surface area contributed by atoms with Gasteiger partial charge in [-0.2, -0.15) is 0 Å². The van der Waals surface area contributed by atoms with Gasteiger partial charge in [0.15, 0.2) is 0 Å². The molecule has 8 heteroatoms. The number of amides is 2. The molecule has 0 aliphatic carbocycles. The molecule has 0 aliphatic heterocycles. The summed E-state index contributed by atoms with van der Waals surface area (Å²) in [5.74, 6) is -0.266. The number of rotatable bonds is 10. The van der Waals surface area contributed by atoms with Crippen LogP contribution in [0.25, 0.3) is 0 Å². The van der Waals surface area contributed by atoms with Crippen molar-refractivity contribution in [2.45, 2.75) is 26.4 Å². The minimum absolute atomic E-state index is 0.0479. The van der Waals surface area contributed by atoms with Crippen LogP contribution in [-0.2, 0) is 19.0 Å². The summed E-state index contributed by atoms with van der Waals surface area (Å²) in [6, 6.07) is 0. The first kappa shape index (κ1) is 19.9. The van der Waals surface area contributed by atoms with E-state index in [-0.39, 0.29) is 11.8 Å². The van der Waals surface area contributed by atoms with E-state index >= 15 is 0 Å². The predicted octanol–water partition coefficient (Wildman–Crippen LogP) is 0.899. The molecule has 21 heavy (non-hydrogen) atoms. The fraction of sp³-hybridized carbons (Fsp3) is 0.846. The van der Waals surface area contributed by atoms with Gasteiger partial charge in [-0.05, 0) is 20.8 Å². The topological polar surface area (TPSA) is 85.9 Å². The summed E-state index contributed by atoms with van der Waals surface area (Å²) in [5.41, 5.74) is -0.502. The molecule has 0 unspecified atom stereocenters. The lowest BCUT2D eigenvalue weighted by Gasteiger charge is -2.19. The van der Waals surface area contributed by atoms with Crippen LogP contribution in [0, 0.1) is 0 Å². The third-order valence-corrected chi connectivity index (χ3v) is 2.22.